The molecular weight excluding hydrogens is 672 g/mol. The maximum atomic E-state index is 9.31. The van der Waals surface area contributed by atoms with Crippen LogP contribution in [0.4, 0.5) is 34.3 Å². The summed E-state index contributed by atoms with van der Waals surface area (Å²) in [4.78, 5) is 3.85. The van der Waals surface area contributed by atoms with E-state index in [1.54, 1.807) is 0 Å². The minimum absolute atomic E-state index is 0.0192. The van der Waals surface area contributed by atoms with Gasteiger partial charge in [-0.3, -0.25) is 0 Å². The van der Waals surface area contributed by atoms with E-state index in [1.807, 2.05) is 107 Å². The van der Waals surface area contributed by atoms with Crippen molar-refractivity contribution in [3.63, 3.8) is 0 Å². The molecule has 0 aliphatic rings. The van der Waals surface area contributed by atoms with E-state index >= 15 is 0 Å². The second kappa shape index (κ2) is 21.2. The first-order valence-electron chi connectivity index (χ1n) is 18.1. The molecule has 0 aliphatic heterocycles. The lowest BCUT2D eigenvalue weighted by Gasteiger charge is -2.22. The molecule has 4 N–H and O–H groups in total. The van der Waals surface area contributed by atoms with Crippen LogP contribution in [0.5, 0.6) is 0 Å². The monoisotopic (exact) mass is 723 g/mol. The molecule has 0 bridgehead atoms. The summed E-state index contributed by atoms with van der Waals surface area (Å²) in [7, 11) is 0. The topological polar surface area (TPSA) is 153 Å². The van der Waals surface area contributed by atoms with Crippen molar-refractivity contribution >= 4 is 34.3 Å². The van der Waals surface area contributed by atoms with Gasteiger partial charge in [-0.15, -0.1) is 5.11 Å². The lowest BCUT2D eigenvalue weighted by atomic mass is 10.2. The Morgan fingerprint density at radius 2 is 1.11 bits per heavy atom. The number of benzene rings is 2. The molecule has 53 heavy (non-hydrogen) atoms. The molecule has 3 aromatic heterocycles. The van der Waals surface area contributed by atoms with Crippen LogP contribution in [0.1, 0.15) is 12.8 Å². The molecule has 0 fully saturated rings. The zero-order valence-electron chi connectivity index (χ0n) is 30.1. The third-order valence-corrected chi connectivity index (χ3v) is 8.61. The number of aromatic nitrogens is 4. The summed E-state index contributed by atoms with van der Waals surface area (Å²) in [6, 6.07) is 25.0. The number of nitrogens with zero attached hydrogens (tertiary/aromatic N) is 10. The molecule has 14 heteroatoms. The number of hydrogen-bond acceptors (Lipinski definition) is 10. The Labute approximate surface area is 310 Å². The van der Waals surface area contributed by atoms with E-state index in [2.05, 4.69) is 57.4 Å². The van der Waals surface area contributed by atoms with Crippen molar-refractivity contribution in [1.29, 1.82) is 0 Å². The minimum Gasteiger partial charge on any atom is -0.395 e. The van der Waals surface area contributed by atoms with Crippen LogP contribution >= 0.6 is 0 Å². The van der Waals surface area contributed by atoms with Gasteiger partial charge in [-0.05, 0) is 65.8 Å². The maximum absolute atomic E-state index is 9.31. The largest absolute Gasteiger partial charge is 0.395 e. The van der Waals surface area contributed by atoms with Crippen molar-refractivity contribution in [3.8, 4) is 0 Å². The van der Waals surface area contributed by atoms with E-state index < -0.39 is 0 Å². The normalized spacial score (nSPS) is 11.5. The molecular formula is C39H51N10O4+3. The van der Waals surface area contributed by atoms with Gasteiger partial charge in [0, 0.05) is 62.5 Å². The molecule has 3 heterocycles. The first-order chi connectivity index (χ1) is 26.1. The van der Waals surface area contributed by atoms with E-state index in [0.29, 0.717) is 26.2 Å². The number of aryl methyl sites for hydroxylation is 4. The number of hydrogen-bond donors (Lipinski definition) is 4. The molecule has 0 atom stereocenters. The summed E-state index contributed by atoms with van der Waals surface area (Å²) in [5.74, 6) is 0.777. The zero-order chi connectivity index (χ0) is 37.1. The summed E-state index contributed by atoms with van der Waals surface area (Å²) in [5.41, 5.74) is 4.07. The Bertz CT molecular complexity index is 1850. The van der Waals surface area contributed by atoms with Crippen molar-refractivity contribution in [2.24, 2.45) is 20.5 Å². The van der Waals surface area contributed by atoms with Crippen molar-refractivity contribution < 1.29 is 34.1 Å². The van der Waals surface area contributed by atoms with Crippen molar-refractivity contribution in [2.75, 3.05) is 62.4 Å². The molecule has 14 nitrogen and oxygen atoms in total. The maximum Gasteiger partial charge on any atom is 0.350 e. The summed E-state index contributed by atoms with van der Waals surface area (Å²) in [6.45, 7) is 5.32. The number of imidazole rings is 1. The van der Waals surface area contributed by atoms with Gasteiger partial charge in [-0.25, -0.2) is 18.3 Å². The predicted molar refractivity (Wildman–Crippen MR) is 201 cm³/mol. The molecule has 0 unspecified atom stereocenters. The summed E-state index contributed by atoms with van der Waals surface area (Å²) in [6.07, 6.45) is 14.3. The van der Waals surface area contributed by atoms with Crippen LogP contribution in [0.15, 0.2) is 137 Å². The lowest BCUT2D eigenvalue weighted by Crippen LogP contribution is -2.37. The fourth-order valence-corrected chi connectivity index (χ4v) is 5.92. The van der Waals surface area contributed by atoms with Crippen molar-refractivity contribution in [2.45, 2.75) is 39.0 Å². The van der Waals surface area contributed by atoms with Crippen molar-refractivity contribution in [1.82, 2.24) is 4.57 Å². The quantitative estimate of drug-likeness (QED) is 0.0627. The average Bonchev–Trinajstić information content (AvgIpc) is 3.64. The van der Waals surface area contributed by atoms with Gasteiger partial charge >= 0.3 is 5.82 Å². The number of azo groups is 2. The van der Waals surface area contributed by atoms with Gasteiger partial charge in [0.2, 0.25) is 6.33 Å². The molecule has 0 spiro atoms. The molecule has 0 aliphatic carbocycles. The van der Waals surface area contributed by atoms with Gasteiger partial charge in [-0.1, -0.05) is 6.07 Å². The Kier molecular flexibility index (Phi) is 15.5. The molecule has 278 valence electrons. The fraction of sp³-hybridized carbons (Fsp3) is 0.359. The number of aliphatic hydroxyl groups excluding tert-OH is 4. The third-order valence-electron chi connectivity index (χ3n) is 8.61. The summed E-state index contributed by atoms with van der Waals surface area (Å²) < 4.78 is 8.65. The van der Waals surface area contributed by atoms with Crippen LogP contribution in [0.2, 0.25) is 0 Å². The Morgan fingerprint density at radius 3 is 1.74 bits per heavy atom. The van der Waals surface area contributed by atoms with E-state index in [-0.39, 0.29) is 26.4 Å². The van der Waals surface area contributed by atoms with Gasteiger partial charge in [0.1, 0.15) is 23.8 Å². The highest BCUT2D eigenvalue weighted by Gasteiger charge is 2.12. The van der Waals surface area contributed by atoms with Crippen LogP contribution in [0.25, 0.3) is 0 Å². The molecule has 5 rings (SSSR count). The molecule has 5 aromatic rings. The van der Waals surface area contributed by atoms with Crippen molar-refractivity contribution in [3.05, 3.63) is 116 Å². The predicted octanol–water partition coefficient (Wildman–Crippen LogP) is 3.94. The summed E-state index contributed by atoms with van der Waals surface area (Å²) in [5, 5.41) is 55.0. The van der Waals surface area contributed by atoms with Crippen LogP contribution in [-0.2, 0) is 26.2 Å². The summed E-state index contributed by atoms with van der Waals surface area (Å²) >= 11 is 0. The van der Waals surface area contributed by atoms with Gasteiger partial charge in [0.15, 0.2) is 18.9 Å². The van der Waals surface area contributed by atoms with Gasteiger partial charge in [0.25, 0.3) is 0 Å². The number of aliphatic hydroxyl groups is 4. The van der Waals surface area contributed by atoms with Gasteiger partial charge in [-0.2, -0.15) is 5.11 Å². The molecule has 2 aromatic carbocycles. The van der Waals surface area contributed by atoms with E-state index in [0.717, 1.165) is 73.3 Å². The number of pyridine rings is 2. The number of anilines is 2. The zero-order valence-corrected chi connectivity index (χ0v) is 30.1. The average molecular weight is 724 g/mol. The van der Waals surface area contributed by atoms with Gasteiger partial charge < -0.3 is 30.2 Å². The molecule has 0 radical (unpaired) electrons. The molecule has 0 amide bonds. The van der Waals surface area contributed by atoms with Crippen LogP contribution in [-0.4, -0.2) is 77.6 Å². The highest BCUT2D eigenvalue weighted by atomic mass is 16.3. The second-order valence-corrected chi connectivity index (χ2v) is 12.4. The van der Waals surface area contributed by atoms with Gasteiger partial charge in [0.05, 0.1) is 63.1 Å². The van der Waals surface area contributed by atoms with Crippen LogP contribution in [0, 0.1) is 0 Å². The van der Waals surface area contributed by atoms with Crippen LogP contribution in [0.3, 0.4) is 0 Å². The van der Waals surface area contributed by atoms with E-state index in [9.17, 15) is 20.4 Å². The first kappa shape index (κ1) is 38.8. The molecule has 0 saturated heterocycles. The Morgan fingerprint density at radius 1 is 0.528 bits per heavy atom. The minimum atomic E-state index is 0.0192. The third kappa shape index (κ3) is 12.4. The Balaban J connectivity index is 1.06. The molecule has 0 saturated carbocycles. The number of rotatable bonds is 22. The fourth-order valence-electron chi connectivity index (χ4n) is 5.92. The standard InChI is InChI=1S/C39H51N10O4/c50-28-24-47(25-29-51)37-12-8-34(9-13-37)40-42-36-6-3-16-44(32-36)17-4-18-45-22-23-46(33-45)19-5-21-49-20-2-1-7-39(49)43-41-35-10-14-38(15-11-35)48(26-30-52)27-31-53/h1-3,6-16,20,22-23,32-33,50-53H,4-5,17-19,21,24-31H2/q+3/b42-40+. The lowest BCUT2D eigenvalue weighted by molar-refractivity contribution is -0.726. The van der Waals surface area contributed by atoms with Crippen LogP contribution < -0.4 is 23.5 Å². The highest BCUT2D eigenvalue weighted by Crippen LogP contribution is 2.23. The first-order valence-corrected chi connectivity index (χ1v) is 18.1. The smallest absolute Gasteiger partial charge is 0.350 e. The second-order valence-electron chi connectivity index (χ2n) is 12.4. The van der Waals surface area contributed by atoms with E-state index in [1.165, 1.54) is 0 Å². The highest BCUT2D eigenvalue weighted by molar-refractivity contribution is 5.53. The Hall–Kier alpha value is -5.41. The SMILES string of the molecule is OCCN(CCO)c1ccc(/N=N/c2ccc[n+](CCC[n+]3ccn(CCC[n+]4ccccc4/N=N/c4ccc(N(CCO)CCO)cc4)c3)c2)cc1. The van der Waals surface area contributed by atoms with E-state index in [4.69, 9.17) is 0 Å².